The number of fused-ring (bicyclic) bond motifs is 4. The van der Waals surface area contributed by atoms with Crippen LogP contribution in [0, 0.1) is 18.6 Å². The maximum atomic E-state index is 15.5. The van der Waals surface area contributed by atoms with Gasteiger partial charge in [0.2, 0.25) is 0 Å². The smallest absolute Gasteiger partial charge is 0.263 e. The third-order valence-electron chi connectivity index (χ3n) is 6.72. The number of rotatable bonds is 3. The number of pyridine rings is 1. The number of ether oxygens (including phenoxy) is 2. The highest BCUT2D eigenvalue weighted by atomic mass is 32.1. The fourth-order valence-corrected chi connectivity index (χ4v) is 6.08. The van der Waals surface area contributed by atoms with E-state index in [0.717, 1.165) is 11.1 Å². The van der Waals surface area contributed by atoms with Crippen molar-refractivity contribution in [2.24, 2.45) is 0 Å². The predicted octanol–water partition coefficient (Wildman–Crippen LogP) is 2.38. The Morgan fingerprint density at radius 3 is 2.83 bits per heavy atom. The van der Waals surface area contributed by atoms with Gasteiger partial charge in [0.1, 0.15) is 22.1 Å². The van der Waals surface area contributed by atoms with Gasteiger partial charge in [-0.15, -0.1) is 11.3 Å². The van der Waals surface area contributed by atoms with Crippen LogP contribution in [0.3, 0.4) is 0 Å². The van der Waals surface area contributed by atoms with Crippen LogP contribution in [0.5, 0.6) is 5.75 Å². The summed E-state index contributed by atoms with van der Waals surface area (Å²) in [6, 6.07) is 4.38. The van der Waals surface area contributed by atoms with E-state index in [2.05, 4.69) is 15.6 Å². The molecule has 4 N–H and O–H groups in total. The minimum Gasteiger partial charge on any atom is -0.488 e. The fourth-order valence-electron chi connectivity index (χ4n) is 5.04. The minimum atomic E-state index is -0.575. The van der Waals surface area contributed by atoms with Gasteiger partial charge in [-0.05, 0) is 19.1 Å². The summed E-state index contributed by atoms with van der Waals surface area (Å²) in [5.74, 6) is -1.59. The molecule has 8 nitrogen and oxygen atoms in total. The molecule has 35 heavy (non-hydrogen) atoms. The Balaban J connectivity index is 1.21. The molecular formula is C24H25F2N5O3S. The second-order valence-corrected chi connectivity index (χ2v) is 10.3. The number of nitrogens with two attached hydrogens (primary N) is 1. The number of hydrogen-bond acceptors (Lipinski definition) is 8. The Morgan fingerprint density at radius 2 is 2.06 bits per heavy atom. The van der Waals surface area contributed by atoms with Crippen LogP contribution in [0.2, 0.25) is 0 Å². The molecule has 2 fully saturated rings. The molecule has 2 aromatic heterocycles. The van der Waals surface area contributed by atoms with E-state index in [0.29, 0.717) is 41.6 Å². The SMILES string of the molecule is Cc1ccc2c(N)c(C(=O)N[C@H]3COc4c(F)c(N5CC6CNCC(C5)O6)cc(F)c4C3)sc2n1. The molecule has 184 valence electrons. The number of carbonyl (C=O) groups is 1. The third kappa shape index (κ3) is 3.97. The van der Waals surface area contributed by atoms with Crippen molar-refractivity contribution in [2.75, 3.05) is 43.4 Å². The largest absolute Gasteiger partial charge is 0.488 e. The summed E-state index contributed by atoms with van der Waals surface area (Å²) in [5, 5.41) is 6.87. The highest BCUT2D eigenvalue weighted by Crippen LogP contribution is 2.38. The molecule has 2 saturated heterocycles. The first kappa shape index (κ1) is 22.4. The lowest BCUT2D eigenvalue weighted by Crippen LogP contribution is -2.58. The van der Waals surface area contributed by atoms with Crippen molar-refractivity contribution < 1.29 is 23.0 Å². The van der Waals surface area contributed by atoms with Crippen molar-refractivity contribution in [3.8, 4) is 5.75 Å². The number of anilines is 2. The van der Waals surface area contributed by atoms with Crippen LogP contribution in [0.25, 0.3) is 10.2 Å². The molecule has 0 saturated carbocycles. The molecule has 3 aliphatic heterocycles. The molecule has 0 spiro atoms. The molecule has 3 aromatic rings. The van der Waals surface area contributed by atoms with Gasteiger partial charge in [0, 0.05) is 55.3 Å². The number of carbonyl (C=O) groups excluding carboxylic acids is 1. The van der Waals surface area contributed by atoms with E-state index in [1.165, 1.54) is 17.4 Å². The molecule has 1 amide bonds. The predicted molar refractivity (Wildman–Crippen MR) is 129 cm³/mol. The molecule has 0 radical (unpaired) electrons. The highest BCUT2D eigenvalue weighted by Gasteiger charge is 2.35. The highest BCUT2D eigenvalue weighted by molar-refractivity contribution is 7.21. The van der Waals surface area contributed by atoms with Crippen LogP contribution in [0.15, 0.2) is 18.2 Å². The summed E-state index contributed by atoms with van der Waals surface area (Å²) in [6.07, 6.45) is -0.0196. The Hall–Kier alpha value is -3.02. The van der Waals surface area contributed by atoms with Gasteiger partial charge in [-0.1, -0.05) is 0 Å². The van der Waals surface area contributed by atoms with E-state index in [4.69, 9.17) is 15.2 Å². The molecule has 11 heteroatoms. The molecule has 5 heterocycles. The van der Waals surface area contributed by atoms with Gasteiger partial charge in [-0.2, -0.15) is 0 Å². The van der Waals surface area contributed by atoms with Crippen molar-refractivity contribution in [3.63, 3.8) is 0 Å². The van der Waals surface area contributed by atoms with Crippen molar-refractivity contribution in [2.45, 2.75) is 31.6 Å². The molecule has 3 aliphatic rings. The van der Waals surface area contributed by atoms with Gasteiger partial charge >= 0.3 is 0 Å². The Morgan fingerprint density at radius 1 is 1.29 bits per heavy atom. The first-order valence-corrected chi connectivity index (χ1v) is 12.4. The summed E-state index contributed by atoms with van der Waals surface area (Å²) >= 11 is 1.21. The molecule has 6 rings (SSSR count). The molecule has 2 unspecified atom stereocenters. The van der Waals surface area contributed by atoms with Crippen molar-refractivity contribution in [1.29, 1.82) is 0 Å². The monoisotopic (exact) mass is 501 g/mol. The van der Waals surface area contributed by atoms with E-state index in [-0.39, 0.29) is 48.1 Å². The number of halogens is 2. The molecule has 3 atom stereocenters. The van der Waals surface area contributed by atoms with E-state index < -0.39 is 17.7 Å². The number of hydrogen-bond donors (Lipinski definition) is 3. The maximum absolute atomic E-state index is 15.5. The van der Waals surface area contributed by atoms with Crippen LogP contribution >= 0.6 is 11.3 Å². The molecule has 0 aliphatic carbocycles. The van der Waals surface area contributed by atoms with Gasteiger partial charge < -0.3 is 30.7 Å². The quantitative estimate of drug-likeness (QED) is 0.507. The molecular weight excluding hydrogens is 476 g/mol. The number of aryl methyl sites for hydroxylation is 1. The maximum Gasteiger partial charge on any atom is 0.263 e. The minimum absolute atomic E-state index is 0.0268. The Labute approximate surface area is 204 Å². The van der Waals surface area contributed by atoms with Crippen LogP contribution in [0.4, 0.5) is 20.2 Å². The topological polar surface area (TPSA) is 102 Å². The summed E-state index contributed by atoms with van der Waals surface area (Å²) in [6.45, 7) is 4.20. The number of nitrogen functional groups attached to an aromatic ring is 1. The molecule has 2 bridgehead atoms. The average Bonchev–Trinajstić information content (AvgIpc) is 3.16. The van der Waals surface area contributed by atoms with Crippen molar-refractivity contribution in [1.82, 2.24) is 15.6 Å². The normalized spacial score (nSPS) is 23.6. The number of aromatic nitrogens is 1. The summed E-state index contributed by atoms with van der Waals surface area (Å²) in [7, 11) is 0. The number of nitrogens with one attached hydrogen (secondary N) is 2. The van der Waals surface area contributed by atoms with Gasteiger partial charge in [0.05, 0.1) is 29.6 Å². The lowest BCUT2D eigenvalue weighted by Gasteiger charge is -2.43. The zero-order chi connectivity index (χ0) is 24.3. The Kier molecular flexibility index (Phi) is 5.50. The van der Waals surface area contributed by atoms with Crippen LogP contribution in [-0.4, -0.2) is 61.9 Å². The van der Waals surface area contributed by atoms with E-state index in [9.17, 15) is 4.79 Å². The first-order chi connectivity index (χ1) is 16.9. The zero-order valence-corrected chi connectivity index (χ0v) is 19.9. The van der Waals surface area contributed by atoms with Crippen molar-refractivity contribution >= 4 is 38.8 Å². The Bertz CT molecular complexity index is 1320. The van der Waals surface area contributed by atoms with Gasteiger partial charge in [0.15, 0.2) is 11.6 Å². The van der Waals surface area contributed by atoms with Crippen LogP contribution < -0.4 is 26.0 Å². The van der Waals surface area contributed by atoms with Gasteiger partial charge in [0.25, 0.3) is 5.91 Å². The van der Waals surface area contributed by atoms with Gasteiger partial charge in [-0.3, -0.25) is 4.79 Å². The van der Waals surface area contributed by atoms with Crippen LogP contribution in [0.1, 0.15) is 20.9 Å². The number of morpholine rings is 2. The van der Waals surface area contributed by atoms with E-state index in [1.807, 2.05) is 24.0 Å². The second kappa shape index (κ2) is 8.58. The van der Waals surface area contributed by atoms with Gasteiger partial charge in [-0.25, -0.2) is 13.8 Å². The number of benzene rings is 1. The zero-order valence-electron chi connectivity index (χ0n) is 19.1. The fraction of sp³-hybridized carbons (Fsp3) is 0.417. The second-order valence-electron chi connectivity index (χ2n) is 9.28. The summed E-state index contributed by atoms with van der Waals surface area (Å²) in [4.78, 5) is 20.2. The first-order valence-electron chi connectivity index (χ1n) is 11.6. The standard InChI is InChI=1S/C24H25F2N5O3S/c1-11-2-3-15-20(27)22(35-24(15)29-11)23(32)30-12-4-16-17(25)5-18(19(26)21(16)33-10-12)31-8-13-6-28-7-14(9-31)34-13/h2-3,5,12-14,28H,4,6-10,27H2,1H3,(H,30,32)/t12-,13?,14?/m1/s1. The number of nitrogens with zero attached hydrogens (tertiary/aromatic N) is 2. The van der Waals surface area contributed by atoms with Crippen LogP contribution in [-0.2, 0) is 11.2 Å². The van der Waals surface area contributed by atoms with E-state index in [1.54, 1.807) is 0 Å². The summed E-state index contributed by atoms with van der Waals surface area (Å²) in [5.41, 5.74) is 7.69. The lowest BCUT2D eigenvalue weighted by molar-refractivity contribution is -0.0485. The van der Waals surface area contributed by atoms with E-state index >= 15 is 8.78 Å². The average molecular weight is 502 g/mol. The summed E-state index contributed by atoms with van der Waals surface area (Å²) < 4.78 is 42.2. The number of thiophene rings is 1. The number of amides is 1. The van der Waals surface area contributed by atoms with Crippen molar-refractivity contribution in [3.05, 3.63) is 46.0 Å². The lowest BCUT2D eigenvalue weighted by atomic mass is 9.99. The molecule has 1 aromatic carbocycles. The third-order valence-corrected chi connectivity index (χ3v) is 7.84.